The molecule has 3 rings (SSSR count). The minimum Gasteiger partial charge on any atom is -0.390 e. The fourth-order valence-electron chi connectivity index (χ4n) is 3.03. The molecule has 0 bridgehead atoms. The first-order valence-electron chi connectivity index (χ1n) is 8.95. The van der Waals surface area contributed by atoms with E-state index in [9.17, 15) is 13.6 Å². The maximum Gasteiger partial charge on any atom is 0.225 e. The van der Waals surface area contributed by atoms with Crippen molar-refractivity contribution in [2.45, 2.75) is 32.9 Å². The third-order valence-electron chi connectivity index (χ3n) is 4.45. The Morgan fingerprint density at radius 2 is 1.96 bits per heavy atom. The van der Waals surface area contributed by atoms with Crippen LogP contribution in [0, 0.1) is 17.6 Å². The van der Waals surface area contributed by atoms with Gasteiger partial charge in [-0.2, -0.15) is 0 Å². The smallest absolute Gasteiger partial charge is 0.225 e. The van der Waals surface area contributed by atoms with Crippen molar-refractivity contribution in [1.29, 1.82) is 0 Å². The van der Waals surface area contributed by atoms with Gasteiger partial charge in [-0.1, -0.05) is 55.4 Å². The van der Waals surface area contributed by atoms with Gasteiger partial charge in [0.25, 0.3) is 0 Å². The summed E-state index contributed by atoms with van der Waals surface area (Å²) in [6.07, 6.45) is 0.268. The third-order valence-corrected chi connectivity index (χ3v) is 4.45. The van der Waals surface area contributed by atoms with Crippen molar-refractivity contribution in [3.05, 3.63) is 71.3 Å². The highest BCUT2D eigenvalue weighted by molar-refractivity contribution is 6.01. The van der Waals surface area contributed by atoms with Crippen molar-refractivity contribution in [2.24, 2.45) is 11.1 Å². The molecule has 0 aliphatic carbocycles. The number of rotatable bonds is 6. The van der Waals surface area contributed by atoms with E-state index in [4.69, 9.17) is 4.84 Å². The molecule has 6 heteroatoms. The average molecular weight is 372 g/mol. The van der Waals surface area contributed by atoms with E-state index >= 15 is 0 Å². The Labute approximate surface area is 157 Å². The predicted molar refractivity (Wildman–Crippen MR) is 99.1 cm³/mol. The molecule has 1 atom stereocenters. The summed E-state index contributed by atoms with van der Waals surface area (Å²) in [6.45, 7) is 3.92. The number of nitrogens with zero attached hydrogens (tertiary/aromatic N) is 2. The van der Waals surface area contributed by atoms with Gasteiger partial charge in [0.1, 0.15) is 11.6 Å². The van der Waals surface area contributed by atoms with Crippen LogP contribution in [0.3, 0.4) is 0 Å². The Kier molecular flexibility index (Phi) is 5.84. The molecule has 0 saturated carbocycles. The zero-order valence-electron chi connectivity index (χ0n) is 15.4. The molecule has 142 valence electrons. The molecule has 1 aliphatic heterocycles. The highest BCUT2D eigenvalue weighted by atomic mass is 19.1. The van der Waals surface area contributed by atoms with E-state index in [1.54, 1.807) is 18.7 Å². The fourth-order valence-corrected chi connectivity index (χ4v) is 3.03. The first kappa shape index (κ1) is 19.0. The monoisotopic (exact) mass is 372 g/mol. The van der Waals surface area contributed by atoms with Gasteiger partial charge in [-0.25, -0.2) is 8.78 Å². The third kappa shape index (κ3) is 4.70. The summed E-state index contributed by atoms with van der Waals surface area (Å²) < 4.78 is 27.2. The van der Waals surface area contributed by atoms with E-state index in [0.29, 0.717) is 6.42 Å². The van der Waals surface area contributed by atoms with Crippen LogP contribution in [0.1, 0.15) is 31.4 Å². The molecular weight excluding hydrogens is 350 g/mol. The lowest BCUT2D eigenvalue weighted by molar-refractivity contribution is -0.137. The molecule has 2 aromatic rings. The first-order valence-corrected chi connectivity index (χ1v) is 8.95. The summed E-state index contributed by atoms with van der Waals surface area (Å²) in [5, 5.41) is 4.14. The van der Waals surface area contributed by atoms with E-state index in [-0.39, 0.29) is 36.6 Å². The van der Waals surface area contributed by atoms with Crippen molar-refractivity contribution in [1.82, 2.24) is 4.90 Å². The second-order valence-electron chi connectivity index (χ2n) is 6.94. The van der Waals surface area contributed by atoms with Crippen LogP contribution in [0.25, 0.3) is 0 Å². The van der Waals surface area contributed by atoms with Crippen molar-refractivity contribution in [2.75, 3.05) is 6.54 Å². The van der Waals surface area contributed by atoms with Crippen LogP contribution in [0.5, 0.6) is 0 Å². The number of hydrogen-bond donors (Lipinski definition) is 0. The summed E-state index contributed by atoms with van der Waals surface area (Å²) in [5.41, 5.74) is 2.07. The fraction of sp³-hybridized carbons (Fsp3) is 0.333. The van der Waals surface area contributed by atoms with E-state index in [1.165, 1.54) is 12.1 Å². The summed E-state index contributed by atoms with van der Waals surface area (Å²) in [6, 6.07) is 13.1. The summed E-state index contributed by atoms with van der Waals surface area (Å²) >= 11 is 0. The molecule has 4 nitrogen and oxygen atoms in total. The van der Waals surface area contributed by atoms with Crippen molar-refractivity contribution in [3.8, 4) is 0 Å². The number of amides is 1. The normalized spacial score (nSPS) is 16.2. The molecule has 1 heterocycles. The van der Waals surface area contributed by atoms with Crippen LogP contribution in [0.2, 0.25) is 0 Å². The van der Waals surface area contributed by atoms with E-state index < -0.39 is 11.6 Å². The Bertz CT molecular complexity index is 837. The molecule has 0 radical (unpaired) electrons. The van der Waals surface area contributed by atoms with Crippen LogP contribution in [0.15, 0.2) is 53.7 Å². The van der Waals surface area contributed by atoms with Gasteiger partial charge in [0.15, 0.2) is 6.10 Å². The van der Waals surface area contributed by atoms with Crippen LogP contribution in [-0.2, 0) is 16.2 Å². The van der Waals surface area contributed by atoms with Crippen molar-refractivity contribution < 1.29 is 18.4 Å². The maximum atomic E-state index is 14.0. The molecule has 0 spiro atoms. The highest BCUT2D eigenvalue weighted by Gasteiger charge is 2.28. The Morgan fingerprint density at radius 1 is 1.22 bits per heavy atom. The van der Waals surface area contributed by atoms with Gasteiger partial charge >= 0.3 is 0 Å². The molecule has 0 saturated heterocycles. The number of benzene rings is 2. The second kappa shape index (κ2) is 8.29. The molecule has 2 aromatic carbocycles. The lowest BCUT2D eigenvalue weighted by atomic mass is 10.0. The first-order chi connectivity index (χ1) is 12.9. The van der Waals surface area contributed by atoms with Gasteiger partial charge in [0.2, 0.25) is 5.91 Å². The summed E-state index contributed by atoms with van der Waals surface area (Å²) in [7, 11) is 0. The van der Waals surface area contributed by atoms with Gasteiger partial charge in [-0.05, 0) is 11.6 Å². The minimum atomic E-state index is -0.662. The largest absolute Gasteiger partial charge is 0.390 e. The van der Waals surface area contributed by atoms with Gasteiger partial charge < -0.3 is 9.74 Å². The molecular formula is C21H22F2N2O2. The van der Waals surface area contributed by atoms with Crippen LogP contribution < -0.4 is 0 Å². The zero-order chi connectivity index (χ0) is 19.4. The number of carbonyl (C=O) groups excluding carboxylic acids is 1. The summed E-state index contributed by atoms with van der Waals surface area (Å²) in [5.74, 6) is -1.66. The van der Waals surface area contributed by atoms with Crippen LogP contribution in [-0.4, -0.2) is 29.2 Å². The van der Waals surface area contributed by atoms with Gasteiger partial charge in [-0.3, -0.25) is 4.79 Å². The Balaban J connectivity index is 1.70. The number of halogens is 2. The van der Waals surface area contributed by atoms with Gasteiger partial charge in [-0.15, -0.1) is 0 Å². The van der Waals surface area contributed by atoms with Crippen molar-refractivity contribution >= 4 is 11.6 Å². The predicted octanol–water partition coefficient (Wildman–Crippen LogP) is 4.14. The van der Waals surface area contributed by atoms with Gasteiger partial charge in [0.05, 0.1) is 12.3 Å². The second-order valence-corrected chi connectivity index (χ2v) is 6.94. The lowest BCUT2D eigenvalue weighted by Crippen LogP contribution is -2.39. The molecule has 0 unspecified atom stereocenters. The molecule has 1 amide bonds. The minimum absolute atomic E-state index is 0.0592. The van der Waals surface area contributed by atoms with Gasteiger partial charge in [0, 0.05) is 30.5 Å². The topological polar surface area (TPSA) is 41.9 Å². The number of hydrogen-bond acceptors (Lipinski definition) is 3. The summed E-state index contributed by atoms with van der Waals surface area (Å²) in [4.78, 5) is 19.7. The molecule has 1 aliphatic rings. The maximum absolute atomic E-state index is 14.0. The van der Waals surface area contributed by atoms with E-state index in [1.807, 2.05) is 30.3 Å². The quantitative estimate of drug-likeness (QED) is 0.765. The number of oxime groups is 1. The SMILES string of the molecule is CC(C)C(=O)N(Cc1ccc(F)cc1F)C[C@@H]1CC(c2ccccc2)=NO1. The molecule has 0 N–H and O–H groups in total. The molecule has 27 heavy (non-hydrogen) atoms. The standard InChI is InChI=1S/C21H22F2N2O2/c1-14(2)21(26)25(12-16-8-9-17(22)10-19(16)23)13-18-11-20(24-27-18)15-6-4-3-5-7-15/h3-10,14,18H,11-13H2,1-2H3/t18-/m0/s1. The molecule has 0 aromatic heterocycles. The average Bonchev–Trinajstić information content (AvgIpc) is 3.12. The lowest BCUT2D eigenvalue weighted by Gasteiger charge is -2.26. The van der Waals surface area contributed by atoms with E-state index in [0.717, 1.165) is 17.3 Å². The Hall–Kier alpha value is -2.76. The zero-order valence-corrected chi connectivity index (χ0v) is 15.4. The molecule has 0 fully saturated rings. The van der Waals surface area contributed by atoms with Crippen LogP contribution in [0.4, 0.5) is 8.78 Å². The van der Waals surface area contributed by atoms with Crippen LogP contribution >= 0.6 is 0 Å². The Morgan fingerprint density at radius 3 is 2.63 bits per heavy atom. The highest BCUT2D eigenvalue weighted by Crippen LogP contribution is 2.20. The van der Waals surface area contributed by atoms with E-state index in [2.05, 4.69) is 5.16 Å². The number of carbonyl (C=O) groups is 1. The van der Waals surface area contributed by atoms with Crippen molar-refractivity contribution in [3.63, 3.8) is 0 Å².